The smallest absolute Gasteiger partial charge is 0.231 e. The first-order valence-electron chi connectivity index (χ1n) is 6.28. The van der Waals surface area contributed by atoms with E-state index in [2.05, 4.69) is 18.7 Å². The second-order valence-corrected chi connectivity index (χ2v) is 5.10. The predicted octanol–water partition coefficient (Wildman–Crippen LogP) is 2.18. The minimum Gasteiger partial charge on any atom is -0.454 e. The zero-order valence-electron chi connectivity index (χ0n) is 11.4. The van der Waals surface area contributed by atoms with Crippen LogP contribution in [0.15, 0.2) is 12.1 Å². The van der Waals surface area contributed by atoms with Crippen LogP contribution in [0.25, 0.3) is 0 Å². The molecule has 100 valence electrons. The zero-order valence-corrected chi connectivity index (χ0v) is 11.4. The largest absolute Gasteiger partial charge is 0.454 e. The van der Waals surface area contributed by atoms with Crippen LogP contribution in [0.5, 0.6) is 11.5 Å². The van der Waals surface area contributed by atoms with Gasteiger partial charge in [0.05, 0.1) is 12.6 Å². The maximum absolute atomic E-state index is 9.51. The van der Waals surface area contributed by atoms with E-state index < -0.39 is 0 Å². The van der Waals surface area contributed by atoms with Gasteiger partial charge < -0.3 is 19.5 Å². The highest BCUT2D eigenvalue weighted by Gasteiger charge is 2.22. The molecule has 0 saturated carbocycles. The highest BCUT2D eigenvalue weighted by atomic mass is 16.7. The van der Waals surface area contributed by atoms with Gasteiger partial charge in [0.1, 0.15) is 0 Å². The summed E-state index contributed by atoms with van der Waals surface area (Å²) in [5, 5.41) is 9.51. The molecule has 1 heterocycles. The molecule has 1 aliphatic rings. The number of rotatable bonds is 4. The third-order valence-electron chi connectivity index (χ3n) is 3.53. The Labute approximate surface area is 108 Å². The first-order chi connectivity index (χ1) is 8.54. The fourth-order valence-electron chi connectivity index (χ4n) is 2.37. The summed E-state index contributed by atoms with van der Waals surface area (Å²) in [7, 11) is 2.01. The lowest BCUT2D eigenvalue weighted by molar-refractivity contribution is 0.174. The highest BCUT2D eigenvalue weighted by molar-refractivity contribution is 5.62. The van der Waals surface area contributed by atoms with Crippen molar-refractivity contribution in [1.82, 2.24) is 0 Å². The molecule has 1 aromatic rings. The monoisotopic (exact) mass is 251 g/mol. The lowest BCUT2D eigenvalue weighted by atomic mass is 10.0. The van der Waals surface area contributed by atoms with Gasteiger partial charge in [0.2, 0.25) is 6.79 Å². The van der Waals surface area contributed by atoms with Crippen LogP contribution >= 0.6 is 0 Å². The number of aliphatic hydroxyl groups excluding tert-OH is 1. The quantitative estimate of drug-likeness (QED) is 0.890. The Bertz CT molecular complexity index is 431. The van der Waals surface area contributed by atoms with Gasteiger partial charge in [0.15, 0.2) is 11.5 Å². The van der Waals surface area contributed by atoms with Gasteiger partial charge in [0.25, 0.3) is 0 Å². The number of benzene rings is 1. The molecule has 0 amide bonds. The first kappa shape index (κ1) is 13.0. The van der Waals surface area contributed by atoms with E-state index in [9.17, 15) is 5.11 Å². The van der Waals surface area contributed by atoms with Crippen molar-refractivity contribution in [3.63, 3.8) is 0 Å². The molecule has 0 aromatic heterocycles. The third kappa shape index (κ3) is 2.25. The second kappa shape index (κ2) is 5.06. The van der Waals surface area contributed by atoms with E-state index in [-0.39, 0.29) is 19.4 Å². The van der Waals surface area contributed by atoms with Crippen molar-refractivity contribution in [3.05, 3.63) is 17.7 Å². The summed E-state index contributed by atoms with van der Waals surface area (Å²) in [5.74, 6) is 1.96. The van der Waals surface area contributed by atoms with Gasteiger partial charge in [-0.05, 0) is 24.5 Å². The van der Waals surface area contributed by atoms with Gasteiger partial charge in [-0.25, -0.2) is 0 Å². The van der Waals surface area contributed by atoms with Crippen LogP contribution in [0.1, 0.15) is 19.4 Å². The van der Waals surface area contributed by atoms with Crippen LogP contribution in [0.2, 0.25) is 0 Å². The molecular formula is C14H21NO3. The number of likely N-dealkylation sites (N-methyl/N-ethyl adjacent to an activating group) is 1. The Kier molecular flexibility index (Phi) is 3.66. The van der Waals surface area contributed by atoms with Crippen LogP contribution < -0.4 is 14.4 Å². The number of aryl methyl sites for hydroxylation is 1. The second-order valence-electron chi connectivity index (χ2n) is 5.10. The van der Waals surface area contributed by atoms with Crippen molar-refractivity contribution in [1.29, 1.82) is 0 Å². The van der Waals surface area contributed by atoms with Gasteiger partial charge in [-0.3, -0.25) is 0 Å². The van der Waals surface area contributed by atoms with E-state index in [1.165, 1.54) is 0 Å². The Morgan fingerprint density at radius 3 is 2.44 bits per heavy atom. The average Bonchev–Trinajstić information content (AvgIpc) is 2.75. The summed E-state index contributed by atoms with van der Waals surface area (Å²) >= 11 is 0. The van der Waals surface area contributed by atoms with Gasteiger partial charge in [0, 0.05) is 18.8 Å². The zero-order chi connectivity index (χ0) is 13.3. The Morgan fingerprint density at radius 1 is 1.28 bits per heavy atom. The fraction of sp³-hybridized carbons (Fsp3) is 0.571. The molecule has 0 spiro atoms. The van der Waals surface area contributed by atoms with Crippen LogP contribution in [0.4, 0.5) is 5.69 Å². The standard InChI is InChI=1S/C14H21NO3/c1-9(2)12(7-16)15(4)11-6-14-13(5-10(11)3)17-8-18-14/h5-6,9,12,16H,7-8H2,1-4H3. The number of fused-ring (bicyclic) bond motifs is 1. The molecule has 1 unspecified atom stereocenters. The molecule has 1 atom stereocenters. The maximum atomic E-state index is 9.51. The molecule has 2 rings (SSSR count). The van der Waals surface area contributed by atoms with Crippen molar-refractivity contribution in [2.45, 2.75) is 26.8 Å². The van der Waals surface area contributed by atoms with Crippen LogP contribution in [-0.2, 0) is 0 Å². The number of anilines is 1. The number of aliphatic hydroxyl groups is 1. The minimum absolute atomic E-state index is 0.101. The molecule has 1 aliphatic heterocycles. The van der Waals surface area contributed by atoms with Crippen molar-refractivity contribution < 1.29 is 14.6 Å². The molecule has 1 aromatic carbocycles. The molecule has 18 heavy (non-hydrogen) atoms. The summed E-state index contributed by atoms with van der Waals surface area (Å²) < 4.78 is 10.8. The summed E-state index contributed by atoms with van der Waals surface area (Å²) in [5.41, 5.74) is 2.20. The highest BCUT2D eigenvalue weighted by Crippen LogP contribution is 2.38. The first-order valence-corrected chi connectivity index (χ1v) is 6.28. The lowest BCUT2D eigenvalue weighted by Gasteiger charge is -2.32. The summed E-state index contributed by atoms with van der Waals surface area (Å²) in [6.45, 7) is 6.69. The van der Waals surface area contributed by atoms with E-state index in [4.69, 9.17) is 9.47 Å². The van der Waals surface area contributed by atoms with Crippen LogP contribution in [-0.4, -0.2) is 31.6 Å². The average molecular weight is 251 g/mol. The number of ether oxygens (including phenoxy) is 2. The number of hydrogen-bond donors (Lipinski definition) is 1. The normalized spacial score (nSPS) is 15.0. The maximum Gasteiger partial charge on any atom is 0.231 e. The van der Waals surface area contributed by atoms with E-state index in [0.29, 0.717) is 5.92 Å². The topological polar surface area (TPSA) is 41.9 Å². The van der Waals surface area contributed by atoms with E-state index in [1.54, 1.807) is 0 Å². The van der Waals surface area contributed by atoms with Gasteiger partial charge in [-0.15, -0.1) is 0 Å². The van der Waals surface area contributed by atoms with Gasteiger partial charge >= 0.3 is 0 Å². The summed E-state index contributed by atoms with van der Waals surface area (Å²) in [4.78, 5) is 2.11. The number of nitrogens with zero attached hydrogens (tertiary/aromatic N) is 1. The SMILES string of the molecule is Cc1cc2c(cc1N(C)C(CO)C(C)C)OCO2. The third-order valence-corrected chi connectivity index (χ3v) is 3.53. The predicted molar refractivity (Wildman–Crippen MR) is 71.4 cm³/mol. The lowest BCUT2D eigenvalue weighted by Crippen LogP contribution is -2.39. The summed E-state index contributed by atoms with van der Waals surface area (Å²) in [6, 6.07) is 4.08. The molecule has 0 aliphatic carbocycles. The Morgan fingerprint density at radius 2 is 1.89 bits per heavy atom. The van der Waals surface area contributed by atoms with Gasteiger partial charge in [-0.2, -0.15) is 0 Å². The van der Waals surface area contributed by atoms with E-state index in [0.717, 1.165) is 22.7 Å². The fourth-order valence-corrected chi connectivity index (χ4v) is 2.37. The molecule has 0 bridgehead atoms. The van der Waals surface area contributed by atoms with Gasteiger partial charge in [-0.1, -0.05) is 13.8 Å². The molecule has 0 fully saturated rings. The van der Waals surface area contributed by atoms with Crippen molar-refractivity contribution >= 4 is 5.69 Å². The van der Waals surface area contributed by atoms with Crippen LogP contribution in [0.3, 0.4) is 0 Å². The van der Waals surface area contributed by atoms with Crippen LogP contribution in [0, 0.1) is 12.8 Å². The molecule has 4 heteroatoms. The molecular weight excluding hydrogens is 230 g/mol. The molecule has 0 saturated heterocycles. The summed E-state index contributed by atoms with van der Waals surface area (Å²) in [6.07, 6.45) is 0. The van der Waals surface area contributed by atoms with E-state index in [1.807, 2.05) is 26.1 Å². The molecule has 0 radical (unpaired) electrons. The number of hydrogen-bond acceptors (Lipinski definition) is 4. The molecule has 4 nitrogen and oxygen atoms in total. The Hall–Kier alpha value is -1.42. The van der Waals surface area contributed by atoms with Crippen molar-refractivity contribution in [2.75, 3.05) is 25.3 Å². The minimum atomic E-state index is 0.101. The van der Waals surface area contributed by atoms with E-state index >= 15 is 0 Å². The molecule has 1 N–H and O–H groups in total. The Balaban J connectivity index is 2.32. The van der Waals surface area contributed by atoms with Crippen molar-refractivity contribution in [3.8, 4) is 11.5 Å². The van der Waals surface area contributed by atoms with Crippen molar-refractivity contribution in [2.24, 2.45) is 5.92 Å².